The van der Waals surface area contributed by atoms with E-state index < -0.39 is 0 Å². The number of carbonyl (C=O) groups excluding carboxylic acids is 1. The summed E-state index contributed by atoms with van der Waals surface area (Å²) in [5.74, 6) is 2.47. The van der Waals surface area contributed by atoms with Gasteiger partial charge in [0.1, 0.15) is 11.5 Å². The van der Waals surface area contributed by atoms with E-state index in [2.05, 4.69) is 22.3 Å². The molecular weight excluding hydrogens is 336 g/mol. The second-order valence-electron chi connectivity index (χ2n) is 5.69. The molecule has 0 unspecified atom stereocenters. The van der Waals surface area contributed by atoms with Crippen molar-refractivity contribution >= 4 is 23.4 Å². The lowest BCUT2D eigenvalue weighted by atomic mass is 10.2. The maximum absolute atomic E-state index is 12.4. The van der Waals surface area contributed by atoms with Gasteiger partial charge in [0.15, 0.2) is 0 Å². The summed E-state index contributed by atoms with van der Waals surface area (Å²) in [7, 11) is 3.24. The van der Waals surface area contributed by atoms with E-state index in [0.29, 0.717) is 13.1 Å². The first-order valence-electron chi connectivity index (χ1n) is 8.15. The topological polar surface area (TPSA) is 50.8 Å². The van der Waals surface area contributed by atoms with Gasteiger partial charge in [-0.05, 0) is 30.3 Å². The number of para-hydroxylation sites is 1. The molecular formula is C19H22N2O3S. The first-order chi connectivity index (χ1) is 12.2. The Morgan fingerprint density at radius 2 is 2.04 bits per heavy atom. The van der Waals surface area contributed by atoms with Gasteiger partial charge in [0.2, 0.25) is 5.91 Å². The summed E-state index contributed by atoms with van der Waals surface area (Å²) < 4.78 is 10.6. The van der Waals surface area contributed by atoms with Crippen molar-refractivity contribution in [3.05, 3.63) is 48.0 Å². The molecule has 1 amide bonds. The van der Waals surface area contributed by atoms with Gasteiger partial charge in [-0.25, -0.2) is 0 Å². The Balaban J connectivity index is 1.63. The molecule has 0 atom stereocenters. The highest BCUT2D eigenvalue weighted by Crippen LogP contribution is 2.34. The minimum Gasteiger partial charge on any atom is -0.497 e. The third-order valence-electron chi connectivity index (χ3n) is 4.12. The van der Waals surface area contributed by atoms with Crippen molar-refractivity contribution in [2.75, 3.05) is 38.0 Å². The lowest BCUT2D eigenvalue weighted by Crippen LogP contribution is -2.39. The zero-order chi connectivity index (χ0) is 17.6. The van der Waals surface area contributed by atoms with Crippen LogP contribution in [0.1, 0.15) is 5.56 Å². The predicted octanol–water partition coefficient (Wildman–Crippen LogP) is 2.93. The number of hydrogen-bond acceptors (Lipinski definition) is 5. The van der Waals surface area contributed by atoms with Crippen LogP contribution in [0.3, 0.4) is 0 Å². The molecule has 5 nitrogen and oxygen atoms in total. The maximum atomic E-state index is 12.4. The van der Waals surface area contributed by atoms with E-state index in [1.165, 1.54) is 4.90 Å². The monoisotopic (exact) mass is 358 g/mol. The molecule has 1 heterocycles. The Kier molecular flexibility index (Phi) is 5.71. The van der Waals surface area contributed by atoms with Crippen LogP contribution in [0.5, 0.6) is 11.5 Å². The molecule has 0 fully saturated rings. The molecule has 0 saturated heterocycles. The number of fused-ring (bicyclic) bond motifs is 1. The molecule has 1 aliphatic heterocycles. The van der Waals surface area contributed by atoms with Crippen LogP contribution in [0.15, 0.2) is 47.4 Å². The summed E-state index contributed by atoms with van der Waals surface area (Å²) in [6.45, 7) is 1.63. The molecule has 1 N–H and O–H groups in total. The third kappa shape index (κ3) is 4.20. The van der Waals surface area contributed by atoms with E-state index >= 15 is 0 Å². The first kappa shape index (κ1) is 17.5. The highest BCUT2D eigenvalue weighted by molar-refractivity contribution is 7.99. The van der Waals surface area contributed by atoms with E-state index in [1.54, 1.807) is 14.2 Å². The van der Waals surface area contributed by atoms with E-state index in [-0.39, 0.29) is 5.91 Å². The summed E-state index contributed by atoms with van der Waals surface area (Å²) in [6, 6.07) is 13.8. The number of methoxy groups -OCH3 is 2. The van der Waals surface area contributed by atoms with Gasteiger partial charge >= 0.3 is 0 Å². The van der Waals surface area contributed by atoms with Crippen LogP contribution < -0.4 is 19.7 Å². The van der Waals surface area contributed by atoms with Crippen molar-refractivity contribution in [3.63, 3.8) is 0 Å². The molecule has 132 valence electrons. The van der Waals surface area contributed by atoms with Gasteiger partial charge in [0.25, 0.3) is 0 Å². The van der Waals surface area contributed by atoms with Gasteiger partial charge in [-0.15, -0.1) is 11.8 Å². The van der Waals surface area contributed by atoms with Crippen LogP contribution in [-0.4, -0.2) is 39.0 Å². The highest BCUT2D eigenvalue weighted by Gasteiger charge is 2.19. The Bertz CT molecular complexity index is 751. The van der Waals surface area contributed by atoms with Crippen molar-refractivity contribution in [1.82, 2.24) is 5.32 Å². The minimum atomic E-state index is -0.00780. The fourth-order valence-electron chi connectivity index (χ4n) is 2.83. The number of amides is 1. The molecule has 0 spiro atoms. The van der Waals surface area contributed by atoms with Crippen LogP contribution in [0.2, 0.25) is 0 Å². The van der Waals surface area contributed by atoms with Gasteiger partial charge in [0.05, 0.1) is 26.5 Å². The van der Waals surface area contributed by atoms with E-state index in [0.717, 1.165) is 35.0 Å². The van der Waals surface area contributed by atoms with Gasteiger partial charge in [0, 0.05) is 29.3 Å². The summed E-state index contributed by atoms with van der Waals surface area (Å²) in [4.78, 5) is 15.8. The second kappa shape index (κ2) is 8.16. The average Bonchev–Trinajstić information content (AvgIpc) is 2.66. The van der Waals surface area contributed by atoms with E-state index in [4.69, 9.17) is 9.47 Å². The minimum absolute atomic E-state index is 0.00780. The summed E-state index contributed by atoms with van der Waals surface area (Å²) in [5.41, 5.74) is 2.03. The van der Waals surface area contributed by atoms with Crippen molar-refractivity contribution in [2.24, 2.45) is 0 Å². The normalized spacial score (nSPS) is 13.1. The Morgan fingerprint density at radius 3 is 2.84 bits per heavy atom. The molecule has 3 rings (SSSR count). The van der Waals surface area contributed by atoms with Crippen LogP contribution >= 0.6 is 11.8 Å². The molecule has 2 aromatic carbocycles. The molecule has 0 aliphatic carbocycles. The summed E-state index contributed by atoms with van der Waals surface area (Å²) in [6.07, 6.45) is 0. The van der Waals surface area contributed by atoms with Crippen LogP contribution in [-0.2, 0) is 11.3 Å². The van der Waals surface area contributed by atoms with Crippen molar-refractivity contribution in [3.8, 4) is 11.5 Å². The molecule has 6 heteroatoms. The number of rotatable bonds is 6. The lowest BCUT2D eigenvalue weighted by molar-refractivity contribution is -0.119. The second-order valence-corrected chi connectivity index (χ2v) is 6.83. The average molecular weight is 358 g/mol. The number of ether oxygens (including phenoxy) is 2. The fraction of sp³-hybridized carbons (Fsp3) is 0.316. The maximum Gasteiger partial charge on any atom is 0.239 e. The molecule has 0 saturated carbocycles. The van der Waals surface area contributed by atoms with Crippen LogP contribution in [0, 0.1) is 0 Å². The molecule has 0 radical (unpaired) electrons. The zero-order valence-corrected chi connectivity index (χ0v) is 15.3. The lowest BCUT2D eigenvalue weighted by Gasteiger charge is -2.30. The summed E-state index contributed by atoms with van der Waals surface area (Å²) >= 11 is 1.83. The zero-order valence-electron chi connectivity index (χ0n) is 14.5. The molecule has 25 heavy (non-hydrogen) atoms. The highest BCUT2D eigenvalue weighted by atomic mass is 32.2. The Hall–Kier alpha value is -2.34. The third-order valence-corrected chi connectivity index (χ3v) is 5.17. The quantitative estimate of drug-likeness (QED) is 0.860. The largest absolute Gasteiger partial charge is 0.497 e. The Morgan fingerprint density at radius 1 is 1.20 bits per heavy atom. The SMILES string of the molecule is COc1ccc(OC)c(CNC(=O)CN2CCSc3ccccc32)c1. The van der Waals surface area contributed by atoms with E-state index in [1.807, 2.05) is 42.1 Å². The molecule has 0 aromatic heterocycles. The number of nitrogens with one attached hydrogen (secondary N) is 1. The standard InChI is InChI=1S/C19H22N2O3S/c1-23-15-7-8-17(24-2)14(11-15)12-20-19(22)13-21-9-10-25-18-6-4-3-5-16(18)21/h3-8,11H,9-10,12-13H2,1-2H3,(H,20,22). The summed E-state index contributed by atoms with van der Waals surface area (Å²) in [5, 5.41) is 2.98. The predicted molar refractivity (Wildman–Crippen MR) is 101 cm³/mol. The number of carbonyl (C=O) groups is 1. The number of hydrogen-bond donors (Lipinski definition) is 1. The van der Waals surface area contributed by atoms with Gasteiger partial charge < -0.3 is 19.7 Å². The van der Waals surface area contributed by atoms with Crippen molar-refractivity contribution in [1.29, 1.82) is 0 Å². The number of nitrogens with zero attached hydrogens (tertiary/aromatic N) is 1. The van der Waals surface area contributed by atoms with Crippen LogP contribution in [0.4, 0.5) is 5.69 Å². The Labute approximate surface area is 152 Å². The smallest absolute Gasteiger partial charge is 0.239 e. The van der Waals surface area contributed by atoms with Crippen molar-refractivity contribution in [2.45, 2.75) is 11.4 Å². The van der Waals surface area contributed by atoms with Crippen LogP contribution in [0.25, 0.3) is 0 Å². The number of anilines is 1. The van der Waals surface area contributed by atoms with Gasteiger partial charge in [-0.3, -0.25) is 4.79 Å². The van der Waals surface area contributed by atoms with Crippen molar-refractivity contribution < 1.29 is 14.3 Å². The number of thioether (sulfide) groups is 1. The van der Waals surface area contributed by atoms with Gasteiger partial charge in [-0.1, -0.05) is 12.1 Å². The number of benzene rings is 2. The molecule has 1 aliphatic rings. The fourth-order valence-corrected chi connectivity index (χ4v) is 3.89. The molecule has 2 aromatic rings. The molecule has 0 bridgehead atoms. The van der Waals surface area contributed by atoms with E-state index in [9.17, 15) is 4.79 Å². The van der Waals surface area contributed by atoms with Gasteiger partial charge in [-0.2, -0.15) is 0 Å². The first-order valence-corrected chi connectivity index (χ1v) is 9.14.